The molecular formula is C50H40N2. The van der Waals surface area contributed by atoms with Crippen LogP contribution in [0.1, 0.15) is 62.8 Å². The third-order valence-corrected chi connectivity index (χ3v) is 12.0. The standard InChI is InChI=1S/C50H40N2/c1-49(2)41-13-7-5-11-37(41)39-27-25-35(29-43(39)49)31-17-21-33(22-18-31)47-48(52-46-16-10-9-15-45(46)51-47)34-23-19-32(20-24-34)36-26-28-40-38-12-6-8-14-42(38)50(3,4)44(40)30-36/h5-7,9-13,15-30H,8,14H2,1-4H3. The lowest BCUT2D eigenvalue weighted by Crippen LogP contribution is -2.17. The molecule has 2 nitrogen and oxygen atoms in total. The first-order chi connectivity index (χ1) is 25.3. The minimum absolute atomic E-state index is 0.0294. The lowest BCUT2D eigenvalue weighted by Gasteiger charge is -2.26. The molecule has 0 unspecified atom stereocenters. The Hall–Kier alpha value is -5.86. The molecule has 0 amide bonds. The van der Waals surface area contributed by atoms with Gasteiger partial charge in [0, 0.05) is 22.0 Å². The van der Waals surface area contributed by atoms with Crippen molar-refractivity contribution in [2.45, 2.75) is 51.4 Å². The van der Waals surface area contributed by atoms with E-state index in [1.54, 1.807) is 5.57 Å². The van der Waals surface area contributed by atoms with Gasteiger partial charge < -0.3 is 0 Å². The van der Waals surface area contributed by atoms with Crippen molar-refractivity contribution in [3.8, 4) is 55.9 Å². The van der Waals surface area contributed by atoms with Crippen LogP contribution in [0, 0.1) is 0 Å². The first-order valence-electron chi connectivity index (χ1n) is 18.6. The molecule has 0 aliphatic heterocycles. The number of rotatable bonds is 4. The number of para-hydroxylation sites is 2. The van der Waals surface area contributed by atoms with Gasteiger partial charge in [-0.05, 0) is 98.3 Å². The molecule has 0 bridgehead atoms. The lowest BCUT2D eigenvalue weighted by atomic mass is 9.78. The molecule has 0 saturated heterocycles. The van der Waals surface area contributed by atoms with Crippen LogP contribution in [-0.2, 0) is 10.8 Å². The first-order valence-corrected chi connectivity index (χ1v) is 18.6. The second kappa shape index (κ2) is 11.3. The van der Waals surface area contributed by atoms with Crippen LogP contribution in [0.15, 0.2) is 151 Å². The average Bonchev–Trinajstić information content (AvgIpc) is 3.56. The van der Waals surface area contributed by atoms with E-state index in [1.165, 1.54) is 61.2 Å². The van der Waals surface area contributed by atoms with Gasteiger partial charge in [-0.2, -0.15) is 0 Å². The van der Waals surface area contributed by atoms with Crippen molar-refractivity contribution in [2.24, 2.45) is 0 Å². The van der Waals surface area contributed by atoms with E-state index in [-0.39, 0.29) is 10.8 Å². The zero-order valence-electron chi connectivity index (χ0n) is 30.2. The Labute approximate surface area is 306 Å². The molecule has 6 aromatic carbocycles. The van der Waals surface area contributed by atoms with Gasteiger partial charge >= 0.3 is 0 Å². The van der Waals surface area contributed by atoms with Crippen molar-refractivity contribution in [2.75, 3.05) is 0 Å². The Morgan fingerprint density at radius 3 is 1.54 bits per heavy atom. The summed E-state index contributed by atoms with van der Waals surface area (Å²) in [5.74, 6) is 0. The van der Waals surface area contributed by atoms with E-state index in [4.69, 9.17) is 9.97 Å². The van der Waals surface area contributed by atoms with Gasteiger partial charge in [0.25, 0.3) is 0 Å². The van der Waals surface area contributed by atoms with Crippen molar-refractivity contribution < 1.29 is 0 Å². The molecule has 10 rings (SSSR count). The fraction of sp³-hybridized carbons (Fsp3) is 0.160. The molecule has 3 aliphatic rings. The largest absolute Gasteiger partial charge is 0.244 e. The zero-order chi connectivity index (χ0) is 35.2. The van der Waals surface area contributed by atoms with Gasteiger partial charge in [0.15, 0.2) is 0 Å². The van der Waals surface area contributed by atoms with Crippen LogP contribution in [0.5, 0.6) is 0 Å². The summed E-state index contributed by atoms with van der Waals surface area (Å²) >= 11 is 0. The fourth-order valence-corrected chi connectivity index (χ4v) is 9.13. The quantitative estimate of drug-likeness (QED) is 0.187. The van der Waals surface area contributed by atoms with E-state index in [9.17, 15) is 0 Å². The highest BCUT2D eigenvalue weighted by atomic mass is 14.8. The van der Waals surface area contributed by atoms with Crippen LogP contribution in [0.3, 0.4) is 0 Å². The number of hydrogen-bond donors (Lipinski definition) is 0. The van der Waals surface area contributed by atoms with Crippen molar-refractivity contribution in [1.29, 1.82) is 0 Å². The Bertz CT molecular complexity index is 2650. The average molecular weight is 669 g/mol. The van der Waals surface area contributed by atoms with E-state index in [0.29, 0.717) is 0 Å². The Balaban J connectivity index is 0.999. The normalized spacial score (nSPS) is 16.1. The summed E-state index contributed by atoms with van der Waals surface area (Å²) in [7, 11) is 0. The number of fused-ring (bicyclic) bond motifs is 6. The van der Waals surface area contributed by atoms with Gasteiger partial charge in [0.05, 0.1) is 22.4 Å². The molecule has 1 heterocycles. The van der Waals surface area contributed by atoms with Crippen molar-refractivity contribution >= 4 is 16.6 Å². The summed E-state index contributed by atoms with van der Waals surface area (Å²) in [5.41, 5.74) is 21.9. The van der Waals surface area contributed by atoms with Gasteiger partial charge in [-0.15, -0.1) is 0 Å². The molecule has 0 atom stereocenters. The molecule has 7 aromatic rings. The van der Waals surface area contributed by atoms with Gasteiger partial charge in [-0.3, -0.25) is 0 Å². The molecule has 1 aromatic heterocycles. The highest BCUT2D eigenvalue weighted by Crippen LogP contribution is 2.51. The highest BCUT2D eigenvalue weighted by molar-refractivity contribution is 5.90. The van der Waals surface area contributed by atoms with Gasteiger partial charge in [0.1, 0.15) is 0 Å². The Kier molecular flexibility index (Phi) is 6.73. The molecule has 250 valence electrons. The molecule has 0 saturated carbocycles. The molecular weight excluding hydrogens is 629 g/mol. The van der Waals surface area contributed by atoms with Gasteiger partial charge in [0.2, 0.25) is 0 Å². The Morgan fingerprint density at radius 1 is 0.442 bits per heavy atom. The minimum atomic E-state index is -0.0294. The predicted molar refractivity (Wildman–Crippen MR) is 217 cm³/mol. The second-order valence-corrected chi connectivity index (χ2v) is 15.7. The second-order valence-electron chi connectivity index (χ2n) is 15.7. The molecule has 52 heavy (non-hydrogen) atoms. The minimum Gasteiger partial charge on any atom is -0.244 e. The molecule has 2 heteroatoms. The monoisotopic (exact) mass is 668 g/mol. The Morgan fingerprint density at radius 2 is 0.923 bits per heavy atom. The van der Waals surface area contributed by atoms with Crippen molar-refractivity contribution in [3.05, 3.63) is 173 Å². The van der Waals surface area contributed by atoms with Crippen LogP contribution >= 0.6 is 0 Å². The third-order valence-electron chi connectivity index (χ3n) is 12.0. The molecule has 3 aliphatic carbocycles. The molecule has 0 N–H and O–H groups in total. The first kappa shape index (κ1) is 30.9. The number of benzene rings is 6. The summed E-state index contributed by atoms with van der Waals surface area (Å²) < 4.78 is 0. The number of nitrogens with zero attached hydrogens (tertiary/aromatic N) is 2. The summed E-state index contributed by atoms with van der Waals surface area (Å²) in [5, 5.41) is 0. The topological polar surface area (TPSA) is 25.8 Å². The van der Waals surface area contributed by atoms with Gasteiger partial charge in [-0.1, -0.05) is 155 Å². The molecule has 0 spiro atoms. The van der Waals surface area contributed by atoms with Crippen LogP contribution in [0.25, 0.3) is 72.5 Å². The van der Waals surface area contributed by atoms with E-state index < -0.39 is 0 Å². The fourth-order valence-electron chi connectivity index (χ4n) is 9.13. The summed E-state index contributed by atoms with van der Waals surface area (Å²) in [4.78, 5) is 10.4. The zero-order valence-corrected chi connectivity index (χ0v) is 30.2. The SMILES string of the molecule is CC1(C)C2=C(C=CCC2)c2ccc(-c3ccc(-c4nc5ccccc5nc4-c4ccc(-c5ccc6c(c5)C(C)(C)c5ccccc5-6)cc4)cc3)cc21. The van der Waals surface area contributed by atoms with E-state index in [2.05, 4.69) is 161 Å². The third kappa shape index (κ3) is 4.63. The predicted octanol–water partition coefficient (Wildman–Crippen LogP) is 13.0. The number of hydrogen-bond acceptors (Lipinski definition) is 2. The number of allylic oxidation sites excluding steroid dienone is 4. The molecule has 0 radical (unpaired) electrons. The van der Waals surface area contributed by atoms with E-state index in [0.717, 1.165) is 46.4 Å². The molecule has 0 fully saturated rings. The van der Waals surface area contributed by atoms with E-state index in [1.807, 2.05) is 12.1 Å². The maximum Gasteiger partial charge on any atom is 0.0973 e. The van der Waals surface area contributed by atoms with Gasteiger partial charge in [-0.25, -0.2) is 9.97 Å². The van der Waals surface area contributed by atoms with Crippen molar-refractivity contribution in [1.82, 2.24) is 9.97 Å². The van der Waals surface area contributed by atoms with Crippen LogP contribution in [0.4, 0.5) is 0 Å². The summed E-state index contributed by atoms with van der Waals surface area (Å²) in [6.45, 7) is 9.45. The van der Waals surface area contributed by atoms with Crippen molar-refractivity contribution in [3.63, 3.8) is 0 Å². The maximum atomic E-state index is 5.21. The lowest BCUT2D eigenvalue weighted by molar-refractivity contribution is 0.607. The summed E-state index contributed by atoms with van der Waals surface area (Å²) in [6, 6.07) is 48.7. The van der Waals surface area contributed by atoms with Crippen LogP contribution in [-0.4, -0.2) is 9.97 Å². The van der Waals surface area contributed by atoms with Crippen LogP contribution in [0.2, 0.25) is 0 Å². The number of aromatic nitrogens is 2. The smallest absolute Gasteiger partial charge is 0.0973 e. The summed E-state index contributed by atoms with van der Waals surface area (Å²) in [6.07, 6.45) is 6.94. The van der Waals surface area contributed by atoms with E-state index >= 15 is 0 Å². The maximum absolute atomic E-state index is 5.21. The highest BCUT2D eigenvalue weighted by Gasteiger charge is 2.37. The van der Waals surface area contributed by atoms with Crippen LogP contribution < -0.4 is 0 Å².